The Labute approximate surface area is 137 Å². The zero-order chi connectivity index (χ0) is 17.0. The first-order chi connectivity index (χ1) is 10.6. The lowest BCUT2D eigenvalue weighted by atomic mass is 9.84. The van der Waals surface area contributed by atoms with Crippen LogP contribution in [0.4, 0.5) is 0 Å². The van der Waals surface area contributed by atoms with Crippen molar-refractivity contribution < 1.29 is 14.3 Å². The van der Waals surface area contributed by atoms with Gasteiger partial charge in [0.2, 0.25) is 5.78 Å². The van der Waals surface area contributed by atoms with Crippen LogP contribution in [0.25, 0.3) is 0 Å². The van der Waals surface area contributed by atoms with E-state index in [0.29, 0.717) is 18.4 Å². The number of carbonyl (C=O) groups excluding carboxylic acids is 2. The van der Waals surface area contributed by atoms with Crippen LogP contribution in [0.15, 0.2) is 46.8 Å². The molecule has 1 aliphatic carbocycles. The summed E-state index contributed by atoms with van der Waals surface area (Å²) >= 11 is 0. The summed E-state index contributed by atoms with van der Waals surface area (Å²) in [5.41, 5.74) is 1.05. The van der Waals surface area contributed by atoms with E-state index in [0.717, 1.165) is 16.9 Å². The van der Waals surface area contributed by atoms with Gasteiger partial charge >= 0.3 is 0 Å². The molecule has 2 heterocycles. The number of rotatable bonds is 0. The van der Waals surface area contributed by atoms with Gasteiger partial charge in [-0.05, 0) is 48.5 Å². The Hall–Kier alpha value is -1.90. The summed E-state index contributed by atoms with van der Waals surface area (Å²) in [6, 6.07) is 0. The summed E-state index contributed by atoms with van der Waals surface area (Å²) in [6.45, 7) is 9.86. The molecule has 0 radical (unpaired) electrons. The third-order valence-corrected chi connectivity index (χ3v) is 5.03. The molecule has 0 fully saturated rings. The number of ether oxygens (including phenoxy) is 1. The maximum absolute atomic E-state index is 13.0. The Bertz CT molecular complexity index is 715. The fourth-order valence-electron chi connectivity index (χ4n) is 3.70. The molecule has 3 aliphatic rings. The molecule has 0 aromatic rings. The maximum Gasteiger partial charge on any atom is 0.210 e. The second kappa shape index (κ2) is 5.05. The summed E-state index contributed by atoms with van der Waals surface area (Å²) in [5.74, 6) is 1.07. The molecule has 1 spiro atoms. The molecule has 0 N–H and O–H groups in total. The molecule has 3 heteroatoms. The number of hydrogen-bond acceptors (Lipinski definition) is 3. The minimum Gasteiger partial charge on any atom is -0.478 e. The largest absolute Gasteiger partial charge is 0.478 e. The fraction of sp³-hybridized carbons (Fsp3) is 0.500. The summed E-state index contributed by atoms with van der Waals surface area (Å²) in [6.07, 6.45) is 8.74. The standard InChI is InChI=1S/C20H24O3/c1-12-8-15-9-13(2)16(21)6-7-19(4,5)11-17-14(3)18(22)20(15,10-12)23-17/h6-9,12H,10-11H2,1-5H3/b7-6-,13-9?/t12-,20+/m0/s1. The van der Waals surface area contributed by atoms with Crippen LogP contribution in [0.2, 0.25) is 0 Å². The predicted octanol–water partition coefficient (Wildman–Crippen LogP) is 4.07. The Morgan fingerprint density at radius 1 is 1.22 bits per heavy atom. The van der Waals surface area contributed by atoms with Crippen LogP contribution >= 0.6 is 0 Å². The predicted molar refractivity (Wildman–Crippen MR) is 89.7 cm³/mol. The monoisotopic (exact) mass is 312 g/mol. The van der Waals surface area contributed by atoms with Gasteiger partial charge in [-0.1, -0.05) is 32.9 Å². The van der Waals surface area contributed by atoms with Gasteiger partial charge in [-0.25, -0.2) is 0 Å². The molecule has 0 unspecified atom stereocenters. The zero-order valence-electron chi connectivity index (χ0n) is 14.5. The van der Waals surface area contributed by atoms with Crippen molar-refractivity contribution in [3.63, 3.8) is 0 Å². The average molecular weight is 312 g/mol. The SMILES string of the molecule is CC1=CC2=C[C@H](C)C[C@@]23OC(=C(C)C3=O)CC(C)(C)/C=C\C1=O. The quantitative estimate of drug-likeness (QED) is 0.677. The van der Waals surface area contributed by atoms with Gasteiger partial charge in [0.05, 0.1) is 0 Å². The highest BCUT2D eigenvalue weighted by atomic mass is 16.5. The second-order valence-electron chi connectivity index (χ2n) is 7.80. The van der Waals surface area contributed by atoms with Crippen molar-refractivity contribution in [3.05, 3.63) is 46.8 Å². The van der Waals surface area contributed by atoms with E-state index in [1.165, 1.54) is 0 Å². The first kappa shape index (κ1) is 16.0. The van der Waals surface area contributed by atoms with E-state index in [2.05, 4.69) is 26.8 Å². The molecule has 0 aromatic carbocycles. The van der Waals surface area contributed by atoms with Gasteiger partial charge in [-0.3, -0.25) is 9.59 Å². The highest BCUT2D eigenvalue weighted by molar-refractivity contribution is 6.08. The van der Waals surface area contributed by atoms with Crippen LogP contribution in [-0.4, -0.2) is 17.2 Å². The molecule has 2 aliphatic heterocycles. The van der Waals surface area contributed by atoms with Crippen LogP contribution in [0.5, 0.6) is 0 Å². The van der Waals surface area contributed by atoms with Crippen LogP contribution in [0.1, 0.15) is 47.5 Å². The van der Waals surface area contributed by atoms with Gasteiger partial charge in [-0.15, -0.1) is 0 Å². The van der Waals surface area contributed by atoms with E-state index in [9.17, 15) is 9.59 Å². The molecule has 3 nitrogen and oxygen atoms in total. The molecule has 0 aromatic heterocycles. The van der Waals surface area contributed by atoms with Gasteiger partial charge in [0.15, 0.2) is 11.4 Å². The van der Waals surface area contributed by atoms with Crippen molar-refractivity contribution in [2.75, 3.05) is 0 Å². The molecular weight excluding hydrogens is 288 g/mol. The van der Waals surface area contributed by atoms with E-state index >= 15 is 0 Å². The topological polar surface area (TPSA) is 43.4 Å². The van der Waals surface area contributed by atoms with Gasteiger partial charge in [0, 0.05) is 18.4 Å². The minimum absolute atomic E-state index is 0.00963. The highest BCUT2D eigenvalue weighted by Crippen LogP contribution is 2.48. The van der Waals surface area contributed by atoms with E-state index in [1.54, 1.807) is 13.0 Å². The number of allylic oxidation sites excluding steroid dienone is 5. The van der Waals surface area contributed by atoms with Crippen molar-refractivity contribution in [3.8, 4) is 0 Å². The van der Waals surface area contributed by atoms with Gasteiger partial charge in [0.1, 0.15) is 5.76 Å². The second-order valence-corrected chi connectivity index (χ2v) is 7.80. The minimum atomic E-state index is -0.916. The first-order valence-electron chi connectivity index (χ1n) is 8.22. The maximum atomic E-state index is 13.0. The van der Waals surface area contributed by atoms with E-state index in [-0.39, 0.29) is 22.9 Å². The Balaban J connectivity index is 2.17. The lowest BCUT2D eigenvalue weighted by Crippen LogP contribution is -2.37. The van der Waals surface area contributed by atoms with Crippen molar-refractivity contribution in [1.82, 2.24) is 0 Å². The highest BCUT2D eigenvalue weighted by Gasteiger charge is 2.53. The third kappa shape index (κ3) is 2.52. The molecule has 23 heavy (non-hydrogen) atoms. The van der Waals surface area contributed by atoms with E-state index < -0.39 is 5.60 Å². The average Bonchev–Trinajstić information content (AvgIpc) is 2.88. The lowest BCUT2D eigenvalue weighted by molar-refractivity contribution is -0.127. The van der Waals surface area contributed by atoms with Gasteiger partial charge in [-0.2, -0.15) is 0 Å². The van der Waals surface area contributed by atoms with Crippen molar-refractivity contribution in [2.45, 2.75) is 53.1 Å². The van der Waals surface area contributed by atoms with Crippen molar-refractivity contribution in [2.24, 2.45) is 11.3 Å². The molecule has 2 bridgehead atoms. The smallest absolute Gasteiger partial charge is 0.210 e. The number of Topliss-reactive ketones (excluding diaryl/α,β-unsaturated/α-hetero) is 1. The Morgan fingerprint density at radius 3 is 2.61 bits per heavy atom. The summed E-state index contributed by atoms with van der Waals surface area (Å²) in [7, 11) is 0. The summed E-state index contributed by atoms with van der Waals surface area (Å²) in [4.78, 5) is 25.3. The molecule has 0 saturated carbocycles. The number of ketones is 2. The normalized spacial score (nSPS) is 34.4. The summed E-state index contributed by atoms with van der Waals surface area (Å²) in [5, 5.41) is 0. The van der Waals surface area contributed by atoms with Crippen molar-refractivity contribution >= 4 is 11.6 Å². The molecule has 0 amide bonds. The molecular formula is C20H24O3. The molecule has 2 atom stereocenters. The van der Waals surface area contributed by atoms with E-state index in [4.69, 9.17) is 4.74 Å². The van der Waals surface area contributed by atoms with Crippen molar-refractivity contribution in [1.29, 1.82) is 0 Å². The van der Waals surface area contributed by atoms with Gasteiger partial charge < -0.3 is 4.74 Å². The molecule has 122 valence electrons. The zero-order valence-corrected chi connectivity index (χ0v) is 14.5. The van der Waals surface area contributed by atoms with Crippen LogP contribution < -0.4 is 0 Å². The van der Waals surface area contributed by atoms with Crippen LogP contribution in [-0.2, 0) is 14.3 Å². The first-order valence-corrected chi connectivity index (χ1v) is 8.22. The molecule has 3 rings (SSSR count). The van der Waals surface area contributed by atoms with Gasteiger partial charge in [0.25, 0.3) is 0 Å². The molecule has 0 saturated heterocycles. The third-order valence-electron chi connectivity index (χ3n) is 5.03. The Kier molecular flexibility index (Phi) is 3.51. The lowest BCUT2D eigenvalue weighted by Gasteiger charge is -2.28. The van der Waals surface area contributed by atoms with Crippen LogP contribution in [0.3, 0.4) is 0 Å². The van der Waals surface area contributed by atoms with Crippen LogP contribution in [0, 0.1) is 11.3 Å². The van der Waals surface area contributed by atoms with E-state index in [1.807, 2.05) is 19.1 Å². The number of hydrogen-bond donors (Lipinski definition) is 0. The Morgan fingerprint density at radius 2 is 1.91 bits per heavy atom. The summed E-state index contributed by atoms with van der Waals surface area (Å²) < 4.78 is 6.29. The fourth-order valence-corrected chi connectivity index (χ4v) is 3.70. The number of fused-ring (bicyclic) bond motifs is 1. The number of carbonyl (C=O) groups is 2.